The molecule has 5 nitrogen and oxygen atoms in total. The number of rotatable bonds is 7. The van der Waals surface area contributed by atoms with E-state index in [-0.39, 0.29) is 11.7 Å². The fraction of sp³-hybridized carbons (Fsp3) is 0.381. The zero-order chi connectivity index (χ0) is 20.0. The van der Waals surface area contributed by atoms with Crippen LogP contribution >= 0.6 is 11.8 Å². The molecule has 0 spiro atoms. The van der Waals surface area contributed by atoms with Crippen molar-refractivity contribution in [3.8, 4) is 6.07 Å². The zero-order valence-corrected chi connectivity index (χ0v) is 16.8. The van der Waals surface area contributed by atoms with Crippen LogP contribution in [0.1, 0.15) is 27.7 Å². The molecular formula is C21H24N2O3S. The molecule has 1 amide bonds. The maximum atomic E-state index is 12.2. The van der Waals surface area contributed by atoms with Crippen LogP contribution in [0.15, 0.2) is 47.4 Å². The van der Waals surface area contributed by atoms with Crippen LogP contribution in [0.2, 0.25) is 0 Å². The molecule has 1 N–H and O–H groups in total. The van der Waals surface area contributed by atoms with Gasteiger partial charge in [0, 0.05) is 4.90 Å². The molecule has 6 heteroatoms. The molecule has 0 aliphatic carbocycles. The number of hydrogen-bond donors (Lipinski definition) is 1. The summed E-state index contributed by atoms with van der Waals surface area (Å²) in [4.78, 5) is 25.3. The second kappa shape index (κ2) is 8.92. The van der Waals surface area contributed by atoms with Crippen LogP contribution in [0.5, 0.6) is 0 Å². The highest BCUT2D eigenvalue weighted by Crippen LogP contribution is 2.24. The first kappa shape index (κ1) is 20.8. The van der Waals surface area contributed by atoms with E-state index in [1.165, 1.54) is 18.7 Å². The lowest BCUT2D eigenvalue weighted by Gasteiger charge is -2.28. The fourth-order valence-corrected chi connectivity index (χ4v) is 3.07. The molecule has 0 heterocycles. The maximum Gasteiger partial charge on any atom is 0.317 e. The van der Waals surface area contributed by atoms with Crippen molar-refractivity contribution in [2.24, 2.45) is 5.92 Å². The van der Waals surface area contributed by atoms with Gasteiger partial charge in [0.15, 0.2) is 6.10 Å². The highest BCUT2D eigenvalue weighted by Gasteiger charge is 2.32. The number of nitriles is 1. The van der Waals surface area contributed by atoms with Crippen LogP contribution in [0.4, 0.5) is 0 Å². The Labute approximate surface area is 164 Å². The van der Waals surface area contributed by atoms with Crippen LogP contribution in [0, 0.1) is 17.2 Å². The molecule has 0 fully saturated rings. The molecule has 27 heavy (non-hydrogen) atoms. The van der Waals surface area contributed by atoms with E-state index in [1.54, 1.807) is 6.92 Å². The van der Waals surface area contributed by atoms with Gasteiger partial charge in [-0.15, -0.1) is 11.8 Å². The Hall–Kier alpha value is -2.52. The first-order valence-electron chi connectivity index (χ1n) is 8.79. The van der Waals surface area contributed by atoms with Crippen molar-refractivity contribution in [2.45, 2.75) is 44.2 Å². The van der Waals surface area contributed by atoms with Crippen LogP contribution < -0.4 is 5.32 Å². The summed E-state index contributed by atoms with van der Waals surface area (Å²) in [5.74, 6) is -0.913. The van der Waals surface area contributed by atoms with Gasteiger partial charge in [0.2, 0.25) is 0 Å². The number of benzene rings is 2. The van der Waals surface area contributed by atoms with E-state index in [2.05, 4.69) is 11.4 Å². The number of hydrogen-bond acceptors (Lipinski definition) is 5. The lowest BCUT2D eigenvalue weighted by molar-refractivity contribution is -0.152. The predicted molar refractivity (Wildman–Crippen MR) is 107 cm³/mol. The Morgan fingerprint density at radius 2 is 1.85 bits per heavy atom. The molecule has 0 aliphatic heterocycles. The van der Waals surface area contributed by atoms with Gasteiger partial charge in [0.25, 0.3) is 5.91 Å². The van der Waals surface area contributed by atoms with Crippen molar-refractivity contribution < 1.29 is 14.3 Å². The Balaban J connectivity index is 1.88. The second-order valence-corrected chi connectivity index (χ2v) is 7.94. The highest BCUT2D eigenvalue weighted by molar-refractivity contribution is 8.00. The first-order chi connectivity index (χ1) is 12.7. The SMILES string of the molecule is CC(C)[C@](C)(C#N)NC(=O)[C@H](C)OC(=O)CSc1ccc2ccccc2c1. The number of thioether (sulfide) groups is 1. The fourth-order valence-electron chi connectivity index (χ4n) is 2.34. The molecule has 2 atom stereocenters. The number of carbonyl (C=O) groups excluding carboxylic acids is 2. The van der Waals surface area contributed by atoms with Gasteiger partial charge in [-0.1, -0.05) is 44.2 Å². The normalized spacial score (nSPS) is 14.2. The molecule has 2 aromatic carbocycles. The van der Waals surface area contributed by atoms with Crippen molar-refractivity contribution in [1.29, 1.82) is 5.26 Å². The molecule has 0 saturated heterocycles. The minimum absolute atomic E-state index is 0.0715. The van der Waals surface area contributed by atoms with Crippen molar-refractivity contribution in [1.82, 2.24) is 5.32 Å². The Bertz CT molecular complexity index is 875. The Morgan fingerprint density at radius 3 is 2.48 bits per heavy atom. The summed E-state index contributed by atoms with van der Waals surface area (Å²) < 4.78 is 5.21. The van der Waals surface area contributed by atoms with Gasteiger partial charge < -0.3 is 10.1 Å². The summed E-state index contributed by atoms with van der Waals surface area (Å²) in [6.45, 7) is 6.85. The second-order valence-electron chi connectivity index (χ2n) is 6.89. The molecule has 0 saturated carbocycles. The van der Waals surface area contributed by atoms with Gasteiger partial charge in [0.05, 0.1) is 11.8 Å². The number of carbonyl (C=O) groups is 2. The lowest BCUT2D eigenvalue weighted by Crippen LogP contribution is -2.52. The molecular weight excluding hydrogens is 360 g/mol. The number of nitrogens with zero attached hydrogens (tertiary/aromatic N) is 1. The number of nitrogens with one attached hydrogen (secondary N) is 1. The molecule has 0 radical (unpaired) electrons. The number of amides is 1. The summed E-state index contributed by atoms with van der Waals surface area (Å²) in [6.07, 6.45) is -0.957. The predicted octanol–water partition coefficient (Wildman–Crippen LogP) is 3.92. The van der Waals surface area contributed by atoms with Crippen LogP contribution in [-0.2, 0) is 14.3 Å². The minimum atomic E-state index is -1.00. The Morgan fingerprint density at radius 1 is 1.19 bits per heavy atom. The van der Waals surface area contributed by atoms with E-state index in [1.807, 2.05) is 56.3 Å². The van der Waals surface area contributed by atoms with Gasteiger partial charge in [-0.05, 0) is 42.7 Å². The summed E-state index contributed by atoms with van der Waals surface area (Å²) in [5, 5.41) is 14.2. The van der Waals surface area contributed by atoms with Gasteiger partial charge in [-0.3, -0.25) is 9.59 Å². The van der Waals surface area contributed by atoms with Crippen molar-refractivity contribution in [3.63, 3.8) is 0 Å². The first-order valence-corrected chi connectivity index (χ1v) is 9.78. The Kier molecular flexibility index (Phi) is 6.86. The maximum absolute atomic E-state index is 12.2. The average molecular weight is 385 g/mol. The third-order valence-corrected chi connectivity index (χ3v) is 5.49. The quantitative estimate of drug-likeness (QED) is 0.578. The van der Waals surface area contributed by atoms with E-state index in [0.29, 0.717) is 0 Å². The molecule has 2 aromatic rings. The number of ether oxygens (including phenoxy) is 1. The van der Waals surface area contributed by atoms with E-state index in [4.69, 9.17) is 4.74 Å². The third kappa shape index (κ3) is 5.48. The van der Waals surface area contributed by atoms with Crippen LogP contribution in [-0.4, -0.2) is 29.3 Å². The van der Waals surface area contributed by atoms with E-state index >= 15 is 0 Å². The molecule has 0 aromatic heterocycles. The van der Waals surface area contributed by atoms with Gasteiger partial charge in [0.1, 0.15) is 5.54 Å². The van der Waals surface area contributed by atoms with Crippen molar-refractivity contribution in [2.75, 3.05) is 5.75 Å². The molecule has 0 unspecified atom stereocenters. The molecule has 0 bridgehead atoms. The van der Waals surface area contributed by atoms with Crippen molar-refractivity contribution in [3.05, 3.63) is 42.5 Å². The van der Waals surface area contributed by atoms with E-state index in [9.17, 15) is 14.9 Å². The smallest absolute Gasteiger partial charge is 0.317 e. The lowest BCUT2D eigenvalue weighted by atomic mass is 9.90. The summed E-state index contributed by atoms with van der Waals surface area (Å²) in [5.41, 5.74) is -1.00. The largest absolute Gasteiger partial charge is 0.452 e. The summed E-state index contributed by atoms with van der Waals surface area (Å²) >= 11 is 1.36. The monoisotopic (exact) mass is 384 g/mol. The topological polar surface area (TPSA) is 79.2 Å². The van der Waals surface area contributed by atoms with Crippen LogP contribution in [0.3, 0.4) is 0 Å². The van der Waals surface area contributed by atoms with Crippen LogP contribution in [0.25, 0.3) is 10.8 Å². The van der Waals surface area contributed by atoms with Gasteiger partial charge >= 0.3 is 5.97 Å². The zero-order valence-electron chi connectivity index (χ0n) is 16.0. The minimum Gasteiger partial charge on any atom is -0.452 e. The van der Waals surface area contributed by atoms with Crippen molar-refractivity contribution >= 4 is 34.4 Å². The molecule has 0 aliphatic rings. The van der Waals surface area contributed by atoms with Gasteiger partial charge in [-0.2, -0.15) is 5.26 Å². The number of fused-ring (bicyclic) bond motifs is 1. The van der Waals surface area contributed by atoms with Gasteiger partial charge in [-0.25, -0.2) is 0 Å². The van der Waals surface area contributed by atoms with E-state index in [0.717, 1.165) is 15.7 Å². The molecule has 142 valence electrons. The third-order valence-electron chi connectivity index (χ3n) is 4.52. The number of esters is 1. The highest BCUT2D eigenvalue weighted by atomic mass is 32.2. The standard InChI is InChI=1S/C21H24N2O3S/c1-14(2)21(4,13-22)23-20(25)15(3)26-19(24)12-27-18-10-9-16-7-5-6-8-17(16)11-18/h5-11,14-15H,12H2,1-4H3,(H,23,25)/t15-,21-/m0/s1. The summed E-state index contributed by atoms with van der Waals surface area (Å²) in [7, 11) is 0. The average Bonchev–Trinajstić information content (AvgIpc) is 2.65. The van der Waals surface area contributed by atoms with E-state index < -0.39 is 23.5 Å². The molecule has 2 rings (SSSR count). The summed E-state index contributed by atoms with van der Waals surface area (Å²) in [6, 6.07) is 16.1.